The van der Waals surface area contributed by atoms with E-state index in [2.05, 4.69) is 10.3 Å². The molecule has 0 bridgehead atoms. The Morgan fingerprint density at radius 2 is 0.912 bits per heavy atom. The summed E-state index contributed by atoms with van der Waals surface area (Å²) >= 11 is 5.95. The molecule has 1 aromatic heterocycles. The fourth-order valence-corrected chi connectivity index (χ4v) is 8.00. The van der Waals surface area contributed by atoms with Gasteiger partial charge in [-0.3, -0.25) is 0 Å². The summed E-state index contributed by atoms with van der Waals surface area (Å²) < 4.78 is 48.9. The van der Waals surface area contributed by atoms with Gasteiger partial charge in [0, 0.05) is 16.1 Å². The van der Waals surface area contributed by atoms with Crippen LogP contribution in [0.3, 0.4) is 0 Å². The van der Waals surface area contributed by atoms with E-state index < -0.39 is 64.0 Å². The Morgan fingerprint density at radius 1 is 0.559 bits per heavy atom. The second kappa shape index (κ2) is 21.1. The second-order valence-electron chi connectivity index (χ2n) is 16.0. The SMILES string of the molecule is Cc1c(Cl)cc2c(c1C(=O)O)OB(O)CC2.Cc1c(F)cc2c(c1C(=O)O)OB(O)CC2.Cc1c(F)cc2c(c1C(=O)O)OB(O)CC2.Cc1cn(-c2ccc3c(c2C(=O)O)OB(O)CC3)nn1. The number of aromatic nitrogens is 3. The average molecular weight is 961 g/mol. The van der Waals surface area contributed by atoms with Crippen LogP contribution in [0.5, 0.6) is 23.0 Å². The number of carboxylic acids is 4. The minimum Gasteiger partial charge on any atom is -0.535 e. The lowest BCUT2D eigenvalue weighted by atomic mass is 9.78. The summed E-state index contributed by atoms with van der Waals surface area (Å²) in [6.45, 7) is 6.14. The summed E-state index contributed by atoms with van der Waals surface area (Å²) in [6, 6.07) is 7.70. The van der Waals surface area contributed by atoms with Crippen LogP contribution < -0.4 is 18.6 Å². The summed E-state index contributed by atoms with van der Waals surface area (Å²) in [4.78, 5) is 44.7. The lowest BCUT2D eigenvalue weighted by Gasteiger charge is -2.23. The highest BCUT2D eigenvalue weighted by Crippen LogP contribution is 2.38. The van der Waals surface area contributed by atoms with Crippen LogP contribution in [-0.4, -0.2) is 108 Å². The molecule has 4 aliphatic rings. The Balaban J connectivity index is 0.000000150. The zero-order valence-electron chi connectivity index (χ0n) is 36.7. The number of aryl methyl sites for hydroxylation is 5. The van der Waals surface area contributed by atoms with Crippen molar-refractivity contribution in [2.75, 3.05) is 0 Å². The first-order valence-electron chi connectivity index (χ1n) is 20.9. The fourth-order valence-electron chi connectivity index (χ4n) is 7.77. The largest absolute Gasteiger partial charge is 0.535 e. The third-order valence-electron chi connectivity index (χ3n) is 11.2. The predicted molar refractivity (Wildman–Crippen MR) is 241 cm³/mol. The minimum atomic E-state index is -1.25. The van der Waals surface area contributed by atoms with Crippen LogP contribution in [-0.2, 0) is 25.7 Å². The van der Waals surface area contributed by atoms with Crippen molar-refractivity contribution in [2.45, 2.75) is 78.7 Å². The van der Waals surface area contributed by atoms with Gasteiger partial charge in [-0.25, -0.2) is 32.6 Å². The van der Waals surface area contributed by atoms with Crippen molar-refractivity contribution in [1.29, 1.82) is 0 Å². The van der Waals surface area contributed by atoms with E-state index in [1.54, 1.807) is 38.2 Å². The molecule has 5 heterocycles. The molecular formula is C42H42B4ClF2N3O16. The number of hydrogen-bond donors (Lipinski definition) is 8. The van der Waals surface area contributed by atoms with E-state index >= 15 is 0 Å². The molecule has 0 unspecified atom stereocenters. The molecule has 9 rings (SSSR count). The van der Waals surface area contributed by atoms with Gasteiger partial charge in [-0.05, 0) is 131 Å². The van der Waals surface area contributed by atoms with Crippen molar-refractivity contribution < 1.29 is 87.1 Å². The van der Waals surface area contributed by atoms with Crippen LogP contribution in [0.4, 0.5) is 8.78 Å². The first kappa shape index (κ1) is 50.8. The molecule has 4 aromatic carbocycles. The molecule has 4 aliphatic heterocycles. The van der Waals surface area contributed by atoms with Gasteiger partial charge in [0.15, 0.2) is 0 Å². The minimum absolute atomic E-state index is 0.00819. The molecule has 0 atom stereocenters. The van der Waals surface area contributed by atoms with Crippen molar-refractivity contribution >= 4 is 64.0 Å². The summed E-state index contributed by atoms with van der Waals surface area (Å²) in [5.41, 5.74) is 3.69. The zero-order valence-corrected chi connectivity index (χ0v) is 37.5. The van der Waals surface area contributed by atoms with Gasteiger partial charge in [0.25, 0.3) is 0 Å². The van der Waals surface area contributed by atoms with Gasteiger partial charge in [-0.1, -0.05) is 22.9 Å². The molecule has 0 spiro atoms. The van der Waals surface area contributed by atoms with Gasteiger partial charge in [-0.15, -0.1) is 5.10 Å². The Bertz CT molecular complexity index is 2620. The van der Waals surface area contributed by atoms with Gasteiger partial charge in [0.05, 0.1) is 17.6 Å². The number of nitrogens with zero attached hydrogens (tertiary/aromatic N) is 3. The predicted octanol–water partition coefficient (Wildman–Crippen LogP) is 4.95. The maximum absolute atomic E-state index is 13.4. The lowest BCUT2D eigenvalue weighted by molar-refractivity contribution is 0.0681. The quantitative estimate of drug-likeness (QED) is 0.108. The first-order chi connectivity index (χ1) is 32.1. The second-order valence-corrected chi connectivity index (χ2v) is 16.4. The van der Waals surface area contributed by atoms with Crippen LogP contribution in [0.1, 0.15) is 86.1 Å². The third kappa shape index (κ3) is 11.0. The van der Waals surface area contributed by atoms with Crippen molar-refractivity contribution in [3.63, 3.8) is 0 Å². The van der Waals surface area contributed by atoms with Gasteiger partial charge in [-0.2, -0.15) is 0 Å². The Kier molecular flexibility index (Phi) is 15.8. The molecular weight excluding hydrogens is 919 g/mol. The molecule has 0 aliphatic carbocycles. The average Bonchev–Trinajstić information content (AvgIpc) is 3.71. The highest BCUT2D eigenvalue weighted by molar-refractivity contribution is 6.45. The molecule has 0 amide bonds. The molecule has 26 heteroatoms. The molecule has 19 nitrogen and oxygen atoms in total. The topological polar surface area (TPSA) is 298 Å². The maximum atomic E-state index is 13.4. The molecule has 68 heavy (non-hydrogen) atoms. The number of rotatable bonds is 5. The standard InChI is InChI=1S/C12H12BN3O4.C10H10BClO4.2C10H10BFO4/c1-7-6-16(15-14-7)9-3-2-8-4-5-13(19)20-11(8)10(9)12(17)18;3*1-5-7(12)4-6-2-3-11(15)16-9(6)8(5)10(13)14/h2-3,6,19H,4-5H2,1H3,(H,17,18);3*4,15H,2-3H2,1H3,(H,13,14). The van der Waals surface area contributed by atoms with Gasteiger partial charge >= 0.3 is 52.4 Å². The van der Waals surface area contributed by atoms with E-state index in [1.807, 2.05) is 0 Å². The van der Waals surface area contributed by atoms with Crippen molar-refractivity contribution in [3.05, 3.63) is 120 Å². The van der Waals surface area contributed by atoms with E-state index in [0.29, 0.717) is 84.1 Å². The van der Waals surface area contributed by atoms with Gasteiger partial charge < -0.3 is 59.1 Å². The summed E-state index contributed by atoms with van der Waals surface area (Å²) in [7, 11) is -3.95. The number of hydrogen-bond acceptors (Lipinski definition) is 14. The molecule has 0 saturated carbocycles. The fraction of sp³-hybridized carbons (Fsp3) is 0.286. The number of carbonyl (C=O) groups is 4. The zero-order chi connectivity index (χ0) is 49.9. The van der Waals surface area contributed by atoms with E-state index in [-0.39, 0.29) is 56.4 Å². The molecule has 0 fully saturated rings. The van der Waals surface area contributed by atoms with Gasteiger partial charge in [0.1, 0.15) is 56.9 Å². The monoisotopic (exact) mass is 961 g/mol. The number of halogens is 3. The van der Waals surface area contributed by atoms with Crippen LogP contribution in [0.2, 0.25) is 30.3 Å². The van der Waals surface area contributed by atoms with Crippen molar-refractivity contribution in [3.8, 4) is 28.7 Å². The number of aromatic carboxylic acids is 4. The molecule has 0 radical (unpaired) electrons. The van der Waals surface area contributed by atoms with Gasteiger partial charge in [0.2, 0.25) is 0 Å². The Labute approximate surface area is 392 Å². The van der Waals surface area contributed by atoms with E-state index in [1.165, 1.54) is 30.7 Å². The van der Waals surface area contributed by atoms with E-state index in [4.69, 9.17) is 45.5 Å². The summed E-state index contributed by atoms with van der Waals surface area (Å²) in [5, 5.41) is 82.3. The van der Waals surface area contributed by atoms with Crippen LogP contribution >= 0.6 is 11.6 Å². The summed E-state index contributed by atoms with van der Waals surface area (Å²) in [6.07, 6.45) is 5.18. The first-order valence-corrected chi connectivity index (χ1v) is 21.3. The maximum Gasteiger partial charge on any atom is 0.522 e. The summed E-state index contributed by atoms with van der Waals surface area (Å²) in [5.74, 6) is -5.20. The number of benzene rings is 4. The molecule has 0 saturated heterocycles. The smallest absolute Gasteiger partial charge is 0.522 e. The molecule has 8 N–H and O–H groups in total. The normalized spacial score (nSPS) is 14.2. The highest BCUT2D eigenvalue weighted by atomic mass is 35.5. The van der Waals surface area contributed by atoms with Crippen LogP contribution in [0, 0.1) is 39.3 Å². The van der Waals surface area contributed by atoms with E-state index in [0.717, 1.165) is 11.1 Å². The highest BCUT2D eigenvalue weighted by Gasteiger charge is 2.34. The number of carboxylic acid groups (broad SMARTS) is 4. The van der Waals surface area contributed by atoms with Crippen molar-refractivity contribution in [1.82, 2.24) is 15.0 Å². The van der Waals surface area contributed by atoms with Crippen LogP contribution in [0.25, 0.3) is 5.69 Å². The Morgan fingerprint density at radius 3 is 1.28 bits per heavy atom. The van der Waals surface area contributed by atoms with Crippen LogP contribution in [0.15, 0.2) is 36.5 Å². The Hall–Kier alpha value is -6.65. The lowest BCUT2D eigenvalue weighted by Crippen LogP contribution is -2.28. The molecule has 354 valence electrons. The molecule has 5 aromatic rings. The van der Waals surface area contributed by atoms with Crippen molar-refractivity contribution in [2.24, 2.45) is 0 Å². The third-order valence-corrected chi connectivity index (χ3v) is 11.6. The number of fused-ring (bicyclic) bond motifs is 4. The van der Waals surface area contributed by atoms with E-state index in [9.17, 15) is 53.2 Å².